The Morgan fingerprint density at radius 2 is 1.68 bits per heavy atom. The maximum absolute atomic E-state index is 12.5. The highest BCUT2D eigenvalue weighted by atomic mass is 32.2. The molecule has 2 heterocycles. The van der Waals surface area contributed by atoms with Crippen molar-refractivity contribution < 1.29 is 9.53 Å². The number of carbonyl (C=O) groups is 1. The van der Waals surface area contributed by atoms with E-state index in [0.717, 1.165) is 51.6 Å². The fourth-order valence-corrected chi connectivity index (χ4v) is 4.22. The number of amides is 2. The Labute approximate surface area is 155 Å². The SMILES string of the molecule is Cc1ccc(SCCN2CCN(C(=O)N3CCOCC3)CC2)cc1C. The van der Waals surface area contributed by atoms with Gasteiger partial charge in [0.1, 0.15) is 0 Å². The third-order valence-electron chi connectivity index (χ3n) is 5.08. The Bertz CT molecular complexity index is 582. The van der Waals surface area contributed by atoms with Crippen LogP contribution >= 0.6 is 11.8 Å². The van der Waals surface area contributed by atoms with E-state index in [1.807, 2.05) is 21.6 Å². The highest BCUT2D eigenvalue weighted by Gasteiger charge is 2.26. The third-order valence-corrected chi connectivity index (χ3v) is 6.05. The molecule has 1 aromatic rings. The van der Waals surface area contributed by atoms with E-state index in [4.69, 9.17) is 4.74 Å². The van der Waals surface area contributed by atoms with Crippen LogP contribution in [0.3, 0.4) is 0 Å². The molecule has 3 rings (SSSR count). The van der Waals surface area contributed by atoms with Crippen LogP contribution < -0.4 is 0 Å². The van der Waals surface area contributed by atoms with Crippen molar-refractivity contribution in [2.24, 2.45) is 0 Å². The van der Waals surface area contributed by atoms with Gasteiger partial charge >= 0.3 is 6.03 Å². The van der Waals surface area contributed by atoms with Crippen LogP contribution in [-0.4, -0.2) is 85.5 Å². The van der Waals surface area contributed by atoms with Gasteiger partial charge in [0, 0.05) is 56.5 Å². The molecule has 0 N–H and O–H groups in total. The van der Waals surface area contributed by atoms with Gasteiger partial charge in [-0.3, -0.25) is 4.90 Å². The molecule has 1 aromatic carbocycles. The van der Waals surface area contributed by atoms with E-state index in [0.29, 0.717) is 13.2 Å². The summed E-state index contributed by atoms with van der Waals surface area (Å²) < 4.78 is 5.33. The first kappa shape index (κ1) is 18.5. The van der Waals surface area contributed by atoms with E-state index >= 15 is 0 Å². The summed E-state index contributed by atoms with van der Waals surface area (Å²) in [6.07, 6.45) is 0. The minimum absolute atomic E-state index is 0.187. The summed E-state index contributed by atoms with van der Waals surface area (Å²) in [6, 6.07) is 6.88. The molecular formula is C19H29N3O2S. The van der Waals surface area contributed by atoms with Gasteiger partial charge in [-0.1, -0.05) is 6.07 Å². The first-order valence-corrected chi connectivity index (χ1v) is 10.2. The van der Waals surface area contributed by atoms with Crippen molar-refractivity contribution >= 4 is 17.8 Å². The monoisotopic (exact) mass is 363 g/mol. The molecule has 0 aliphatic carbocycles. The van der Waals surface area contributed by atoms with Crippen LogP contribution in [0.15, 0.2) is 23.1 Å². The van der Waals surface area contributed by atoms with Gasteiger partial charge in [0.15, 0.2) is 0 Å². The lowest BCUT2D eigenvalue weighted by atomic mass is 10.1. The Morgan fingerprint density at radius 3 is 2.36 bits per heavy atom. The van der Waals surface area contributed by atoms with Gasteiger partial charge in [0.05, 0.1) is 13.2 Å². The number of rotatable bonds is 4. The molecule has 138 valence electrons. The zero-order valence-corrected chi connectivity index (χ0v) is 16.2. The second kappa shape index (κ2) is 8.92. The highest BCUT2D eigenvalue weighted by Crippen LogP contribution is 2.21. The van der Waals surface area contributed by atoms with E-state index < -0.39 is 0 Å². The predicted octanol–water partition coefficient (Wildman–Crippen LogP) is 2.47. The maximum Gasteiger partial charge on any atom is 0.320 e. The smallest absolute Gasteiger partial charge is 0.320 e. The van der Waals surface area contributed by atoms with Gasteiger partial charge in [0.25, 0.3) is 0 Å². The van der Waals surface area contributed by atoms with Gasteiger partial charge in [-0.25, -0.2) is 4.79 Å². The minimum Gasteiger partial charge on any atom is -0.378 e. The fourth-order valence-electron chi connectivity index (χ4n) is 3.21. The minimum atomic E-state index is 0.187. The molecule has 2 amide bonds. The number of benzene rings is 1. The van der Waals surface area contributed by atoms with Crippen molar-refractivity contribution in [3.63, 3.8) is 0 Å². The van der Waals surface area contributed by atoms with Crippen molar-refractivity contribution in [2.75, 3.05) is 64.8 Å². The molecule has 2 saturated heterocycles. The Balaban J connectivity index is 1.37. The van der Waals surface area contributed by atoms with Crippen LogP contribution in [0.4, 0.5) is 4.79 Å². The Kier molecular flexibility index (Phi) is 6.62. The largest absolute Gasteiger partial charge is 0.378 e. The number of hydrogen-bond acceptors (Lipinski definition) is 4. The summed E-state index contributed by atoms with van der Waals surface area (Å²) in [5.41, 5.74) is 2.71. The quantitative estimate of drug-likeness (QED) is 0.770. The summed E-state index contributed by atoms with van der Waals surface area (Å²) in [6.45, 7) is 11.8. The van der Waals surface area contributed by atoms with Crippen LogP contribution in [0.1, 0.15) is 11.1 Å². The molecule has 0 unspecified atom stereocenters. The first-order chi connectivity index (χ1) is 12.1. The lowest BCUT2D eigenvalue weighted by Gasteiger charge is -2.38. The average molecular weight is 364 g/mol. The van der Waals surface area contributed by atoms with Gasteiger partial charge in [0.2, 0.25) is 0 Å². The van der Waals surface area contributed by atoms with Crippen molar-refractivity contribution in [3.8, 4) is 0 Å². The van der Waals surface area contributed by atoms with Crippen molar-refractivity contribution in [1.29, 1.82) is 0 Å². The molecule has 2 aliphatic heterocycles. The van der Waals surface area contributed by atoms with Crippen LogP contribution in [0, 0.1) is 13.8 Å². The molecule has 2 fully saturated rings. The van der Waals surface area contributed by atoms with E-state index in [1.165, 1.54) is 16.0 Å². The lowest BCUT2D eigenvalue weighted by molar-refractivity contribution is 0.0380. The summed E-state index contributed by atoms with van der Waals surface area (Å²) >= 11 is 1.92. The summed E-state index contributed by atoms with van der Waals surface area (Å²) in [5.74, 6) is 1.10. The number of thioether (sulfide) groups is 1. The van der Waals surface area contributed by atoms with Crippen LogP contribution in [0.25, 0.3) is 0 Å². The zero-order chi connectivity index (χ0) is 17.6. The van der Waals surface area contributed by atoms with Crippen LogP contribution in [-0.2, 0) is 4.74 Å². The van der Waals surface area contributed by atoms with Gasteiger partial charge < -0.3 is 14.5 Å². The van der Waals surface area contributed by atoms with E-state index in [9.17, 15) is 4.79 Å². The highest BCUT2D eigenvalue weighted by molar-refractivity contribution is 7.99. The fraction of sp³-hybridized carbons (Fsp3) is 0.632. The molecule has 0 radical (unpaired) electrons. The van der Waals surface area contributed by atoms with E-state index in [1.54, 1.807) is 0 Å². The Morgan fingerprint density at radius 1 is 1.00 bits per heavy atom. The predicted molar refractivity (Wildman–Crippen MR) is 102 cm³/mol. The van der Waals surface area contributed by atoms with Gasteiger partial charge in [-0.15, -0.1) is 11.8 Å². The van der Waals surface area contributed by atoms with Gasteiger partial charge in [-0.2, -0.15) is 0 Å². The lowest BCUT2D eigenvalue weighted by Crippen LogP contribution is -2.54. The molecule has 2 aliphatic rings. The maximum atomic E-state index is 12.5. The summed E-state index contributed by atoms with van der Waals surface area (Å²) in [4.78, 5) is 20.2. The van der Waals surface area contributed by atoms with Crippen molar-refractivity contribution in [1.82, 2.24) is 14.7 Å². The summed E-state index contributed by atoms with van der Waals surface area (Å²) in [7, 11) is 0. The molecule has 0 atom stereocenters. The topological polar surface area (TPSA) is 36.0 Å². The molecule has 0 spiro atoms. The van der Waals surface area contributed by atoms with Gasteiger partial charge in [-0.05, 0) is 37.1 Å². The molecule has 25 heavy (non-hydrogen) atoms. The van der Waals surface area contributed by atoms with Crippen molar-refractivity contribution in [2.45, 2.75) is 18.7 Å². The molecule has 6 heteroatoms. The molecule has 5 nitrogen and oxygen atoms in total. The normalized spacial score (nSPS) is 19.3. The second-order valence-electron chi connectivity index (χ2n) is 6.81. The second-order valence-corrected chi connectivity index (χ2v) is 7.97. The number of urea groups is 1. The molecular weight excluding hydrogens is 334 g/mol. The van der Waals surface area contributed by atoms with E-state index in [-0.39, 0.29) is 6.03 Å². The average Bonchev–Trinajstić information content (AvgIpc) is 2.65. The number of ether oxygens (including phenoxy) is 1. The number of aryl methyl sites for hydroxylation is 2. The van der Waals surface area contributed by atoms with E-state index in [2.05, 4.69) is 36.9 Å². The standard InChI is InChI=1S/C19H29N3O2S/c1-16-3-4-18(15-17(16)2)25-14-11-20-5-7-21(8-6-20)19(23)22-9-12-24-13-10-22/h3-4,15H,5-14H2,1-2H3. The number of morpholine rings is 1. The summed E-state index contributed by atoms with van der Waals surface area (Å²) in [5, 5.41) is 0. The molecule has 0 bridgehead atoms. The van der Waals surface area contributed by atoms with Crippen LogP contribution in [0.2, 0.25) is 0 Å². The molecule has 0 aromatic heterocycles. The Hall–Kier alpha value is -1.24. The first-order valence-electron chi connectivity index (χ1n) is 9.17. The number of hydrogen-bond donors (Lipinski definition) is 0. The number of nitrogens with zero attached hydrogens (tertiary/aromatic N) is 3. The number of carbonyl (C=O) groups excluding carboxylic acids is 1. The van der Waals surface area contributed by atoms with Crippen molar-refractivity contribution in [3.05, 3.63) is 29.3 Å². The third kappa shape index (κ3) is 5.12. The van der Waals surface area contributed by atoms with Crippen LogP contribution in [0.5, 0.6) is 0 Å². The zero-order valence-electron chi connectivity index (χ0n) is 15.4. The number of piperazine rings is 1. The molecule has 0 saturated carbocycles.